The minimum absolute atomic E-state index is 0.0741. The number of rotatable bonds is 12. The lowest BCUT2D eigenvalue weighted by Gasteiger charge is -2.39. The number of carbonyl (C=O) groups excluding carboxylic acids is 1. The number of allylic oxidation sites excluding steroid dienone is 3. The van der Waals surface area contributed by atoms with Gasteiger partial charge in [-0.25, -0.2) is 9.18 Å². The van der Waals surface area contributed by atoms with E-state index in [1.165, 1.54) is 13.2 Å². The molecule has 182 valence electrons. The van der Waals surface area contributed by atoms with E-state index in [2.05, 4.69) is 22.9 Å². The van der Waals surface area contributed by atoms with Crippen molar-refractivity contribution in [3.05, 3.63) is 54.1 Å². The Labute approximate surface area is 204 Å². The van der Waals surface area contributed by atoms with Crippen molar-refractivity contribution in [1.82, 2.24) is 4.90 Å². The summed E-state index contributed by atoms with van der Waals surface area (Å²) in [6, 6.07) is 5.42. The molecule has 1 saturated heterocycles. The smallest absolute Gasteiger partial charge is 0.324 e. The zero-order chi connectivity index (χ0) is 24.2. The van der Waals surface area contributed by atoms with Crippen LogP contribution in [0.5, 0.6) is 11.5 Å². The molecule has 1 fully saturated rings. The number of amides is 2. The first-order valence-electron chi connectivity index (χ1n) is 11.2. The van der Waals surface area contributed by atoms with Crippen molar-refractivity contribution in [2.45, 2.75) is 37.9 Å². The van der Waals surface area contributed by atoms with Crippen molar-refractivity contribution < 1.29 is 23.4 Å². The Morgan fingerprint density at radius 1 is 1.24 bits per heavy atom. The number of halogens is 2. The van der Waals surface area contributed by atoms with Gasteiger partial charge in [-0.05, 0) is 37.6 Å². The number of urea groups is 1. The van der Waals surface area contributed by atoms with Gasteiger partial charge in [-0.2, -0.15) is 0 Å². The normalized spacial score (nSPS) is 17.6. The lowest BCUT2D eigenvalue weighted by Crippen LogP contribution is -2.54. The highest BCUT2D eigenvalue weighted by molar-refractivity contribution is 9.09. The third-order valence-corrected chi connectivity index (χ3v) is 5.91. The third kappa shape index (κ3) is 7.52. The molecule has 2 rings (SSSR count). The summed E-state index contributed by atoms with van der Waals surface area (Å²) in [5.41, 5.74) is 1.53. The van der Waals surface area contributed by atoms with Gasteiger partial charge in [0.05, 0.1) is 38.5 Å². The number of hydrogen-bond acceptors (Lipinski definition) is 4. The first kappa shape index (κ1) is 26.8. The van der Waals surface area contributed by atoms with E-state index in [1.54, 1.807) is 23.0 Å². The molecule has 0 radical (unpaired) electrons. The van der Waals surface area contributed by atoms with Gasteiger partial charge in [0.25, 0.3) is 0 Å². The maximum Gasteiger partial charge on any atom is 0.324 e. The van der Waals surface area contributed by atoms with Crippen LogP contribution < -0.4 is 14.4 Å². The Bertz CT molecular complexity index is 872. The average molecular weight is 525 g/mol. The van der Waals surface area contributed by atoms with Gasteiger partial charge in [-0.3, -0.25) is 4.90 Å². The van der Waals surface area contributed by atoms with Crippen molar-refractivity contribution in [2.24, 2.45) is 0 Å². The van der Waals surface area contributed by atoms with E-state index in [9.17, 15) is 9.18 Å². The van der Waals surface area contributed by atoms with Gasteiger partial charge >= 0.3 is 6.03 Å². The molecule has 1 aromatic carbocycles. The topological polar surface area (TPSA) is 51.2 Å². The summed E-state index contributed by atoms with van der Waals surface area (Å²) >= 11 is 3.69. The highest BCUT2D eigenvalue weighted by Gasteiger charge is 2.32. The zero-order valence-electron chi connectivity index (χ0n) is 19.9. The quantitative estimate of drug-likeness (QED) is 0.141. The van der Waals surface area contributed by atoms with Gasteiger partial charge in [0.2, 0.25) is 0 Å². The monoisotopic (exact) mass is 524 g/mol. The van der Waals surface area contributed by atoms with Crippen LogP contribution in [-0.2, 0) is 4.74 Å². The highest BCUT2D eigenvalue weighted by Crippen LogP contribution is 2.34. The molecule has 1 aliphatic rings. The second-order valence-corrected chi connectivity index (χ2v) is 8.92. The number of benzene rings is 1. The fourth-order valence-corrected chi connectivity index (χ4v) is 4.24. The largest absolute Gasteiger partial charge is 0.496 e. The summed E-state index contributed by atoms with van der Waals surface area (Å²) in [5, 5.41) is 0. The van der Waals surface area contributed by atoms with Crippen LogP contribution in [0.15, 0.2) is 54.1 Å². The predicted molar refractivity (Wildman–Crippen MR) is 134 cm³/mol. The van der Waals surface area contributed by atoms with Gasteiger partial charge in [-0.1, -0.05) is 41.8 Å². The molecule has 6 nitrogen and oxygen atoms in total. The Kier molecular flexibility index (Phi) is 11.3. The molecule has 0 spiro atoms. The van der Waals surface area contributed by atoms with Crippen LogP contribution in [0.1, 0.15) is 33.1 Å². The molecule has 1 atom stereocenters. The van der Waals surface area contributed by atoms with Crippen LogP contribution in [0.3, 0.4) is 0 Å². The molecule has 0 bridgehead atoms. The number of nitrogens with zero attached hydrogens (tertiary/aromatic N) is 2. The first-order chi connectivity index (χ1) is 16.0. The SMILES string of the molecule is C\C=C(CN1CC(Br)CN(c2ccc(OC)c(OCCCCC)c2)C1=O)/C(=C\C=C\F)OC. The van der Waals surface area contributed by atoms with Crippen LogP contribution in [0.4, 0.5) is 14.9 Å². The number of anilines is 1. The number of hydrogen-bond donors (Lipinski definition) is 0. The van der Waals surface area contributed by atoms with E-state index in [1.807, 2.05) is 31.2 Å². The minimum atomic E-state index is -0.122. The van der Waals surface area contributed by atoms with E-state index < -0.39 is 0 Å². The van der Waals surface area contributed by atoms with Crippen molar-refractivity contribution in [1.29, 1.82) is 0 Å². The molecular formula is C25H34BrFN2O4. The summed E-state index contributed by atoms with van der Waals surface area (Å²) in [7, 11) is 3.13. The van der Waals surface area contributed by atoms with E-state index in [0.717, 1.165) is 30.5 Å². The maximum atomic E-state index is 13.4. The van der Waals surface area contributed by atoms with E-state index >= 15 is 0 Å². The lowest BCUT2D eigenvalue weighted by atomic mass is 10.1. The third-order valence-electron chi connectivity index (χ3n) is 5.33. The van der Waals surface area contributed by atoms with Gasteiger partial charge in [0.15, 0.2) is 11.5 Å². The molecule has 1 heterocycles. The number of ether oxygens (including phenoxy) is 3. The summed E-state index contributed by atoms with van der Waals surface area (Å²) in [6.45, 7) is 6.01. The molecule has 0 aliphatic carbocycles. The van der Waals surface area contributed by atoms with Crippen LogP contribution >= 0.6 is 15.9 Å². The van der Waals surface area contributed by atoms with Gasteiger partial charge in [-0.15, -0.1) is 0 Å². The van der Waals surface area contributed by atoms with Crippen LogP contribution in [0.25, 0.3) is 0 Å². The zero-order valence-corrected chi connectivity index (χ0v) is 21.4. The van der Waals surface area contributed by atoms with Crippen molar-refractivity contribution >= 4 is 27.6 Å². The van der Waals surface area contributed by atoms with Crippen molar-refractivity contribution in [3.8, 4) is 11.5 Å². The minimum Gasteiger partial charge on any atom is -0.496 e. The Balaban J connectivity index is 2.24. The van der Waals surface area contributed by atoms with E-state index in [0.29, 0.717) is 49.8 Å². The number of carbonyl (C=O) groups is 1. The molecular weight excluding hydrogens is 491 g/mol. The van der Waals surface area contributed by atoms with Crippen molar-refractivity contribution in [2.75, 3.05) is 45.4 Å². The second-order valence-electron chi connectivity index (χ2n) is 7.63. The highest BCUT2D eigenvalue weighted by atomic mass is 79.9. The molecule has 2 amide bonds. The first-order valence-corrected chi connectivity index (χ1v) is 12.1. The Morgan fingerprint density at radius 3 is 2.67 bits per heavy atom. The number of methoxy groups -OCH3 is 2. The molecule has 1 aromatic rings. The summed E-state index contributed by atoms with van der Waals surface area (Å²) < 4.78 is 29.3. The molecule has 0 saturated carbocycles. The molecule has 0 aromatic heterocycles. The summed E-state index contributed by atoms with van der Waals surface area (Å²) in [4.78, 5) is 17.0. The standard InChI is InChI=1S/C25H34BrFN2O4/c1-5-7-8-14-33-24-15-21(11-12-23(24)32-4)29-18-20(26)17-28(25(29)30)16-19(6-2)22(31-3)10-9-13-27/h6,9-13,15,20H,5,7-8,14,16-18H2,1-4H3/b13-9+,19-6-,22-10+. The second kappa shape index (κ2) is 13.9. The van der Waals surface area contributed by atoms with Gasteiger partial charge in [0, 0.05) is 30.4 Å². The van der Waals surface area contributed by atoms with Crippen LogP contribution in [0.2, 0.25) is 0 Å². The predicted octanol–water partition coefficient (Wildman–Crippen LogP) is 6.23. The van der Waals surface area contributed by atoms with E-state index in [-0.39, 0.29) is 10.9 Å². The number of unbranched alkanes of at least 4 members (excludes halogenated alkanes) is 2. The lowest BCUT2D eigenvalue weighted by molar-refractivity contribution is 0.200. The molecule has 1 aliphatic heterocycles. The Hall–Kier alpha value is -2.48. The van der Waals surface area contributed by atoms with Gasteiger partial charge < -0.3 is 19.1 Å². The van der Waals surface area contributed by atoms with Gasteiger partial charge in [0.1, 0.15) is 5.76 Å². The van der Waals surface area contributed by atoms with Crippen LogP contribution in [-0.4, -0.2) is 56.2 Å². The average Bonchev–Trinajstić information content (AvgIpc) is 2.83. The molecule has 1 unspecified atom stereocenters. The van der Waals surface area contributed by atoms with E-state index in [4.69, 9.17) is 14.2 Å². The maximum absolute atomic E-state index is 13.4. The summed E-state index contributed by atoms with van der Waals surface area (Å²) in [5.74, 6) is 1.77. The molecule has 0 N–H and O–H groups in total. The number of alkyl halides is 1. The molecule has 8 heteroatoms. The van der Waals surface area contributed by atoms with Crippen LogP contribution in [0, 0.1) is 0 Å². The fraction of sp³-hybridized carbons (Fsp3) is 0.480. The fourth-order valence-electron chi connectivity index (χ4n) is 3.60. The summed E-state index contributed by atoms with van der Waals surface area (Å²) in [6.07, 6.45) is 8.29. The Morgan fingerprint density at radius 2 is 2.03 bits per heavy atom. The van der Waals surface area contributed by atoms with Crippen molar-refractivity contribution in [3.63, 3.8) is 0 Å². The molecule has 33 heavy (non-hydrogen) atoms.